The Morgan fingerprint density at radius 2 is 1.28 bits per heavy atom. The van der Waals surface area contributed by atoms with E-state index < -0.39 is 11.7 Å². The van der Waals surface area contributed by atoms with E-state index in [0.29, 0.717) is 11.1 Å². The maximum Gasteiger partial charge on any atom is 0.417 e. The number of hydrogen-bond acceptors (Lipinski definition) is 0. The monoisotopic (exact) mass is 388 g/mol. The van der Waals surface area contributed by atoms with Crippen LogP contribution < -0.4 is 0 Å². The van der Waals surface area contributed by atoms with Gasteiger partial charge in [-0.3, -0.25) is 0 Å². The van der Waals surface area contributed by atoms with Crippen molar-refractivity contribution in [3.05, 3.63) is 106 Å². The highest BCUT2D eigenvalue weighted by Gasteiger charge is 2.33. The lowest BCUT2D eigenvalue weighted by molar-refractivity contribution is -0.137. The molecule has 0 aliphatic rings. The summed E-state index contributed by atoms with van der Waals surface area (Å²) in [6.45, 7) is 2.11. The zero-order chi connectivity index (χ0) is 20.7. The van der Waals surface area contributed by atoms with Gasteiger partial charge in [-0.2, -0.15) is 13.2 Å². The molecule has 0 heterocycles. The first kappa shape index (κ1) is 20.3. The van der Waals surface area contributed by atoms with Crippen molar-refractivity contribution in [1.29, 1.82) is 0 Å². The van der Waals surface area contributed by atoms with Crippen LogP contribution >= 0.6 is 0 Å². The first-order valence-electron chi connectivity index (χ1n) is 9.35. The van der Waals surface area contributed by atoms with Crippen molar-refractivity contribution in [2.75, 3.05) is 0 Å². The summed E-state index contributed by atoms with van der Waals surface area (Å²) < 4.78 is 40.6. The van der Waals surface area contributed by atoms with E-state index in [1.807, 2.05) is 30.3 Å². The Morgan fingerprint density at radius 3 is 1.93 bits per heavy atom. The van der Waals surface area contributed by atoms with Crippen LogP contribution in [0, 0.1) is 23.7 Å². The minimum Gasteiger partial charge on any atom is -0.166 e. The van der Waals surface area contributed by atoms with Gasteiger partial charge in [0.1, 0.15) is 0 Å². The molecule has 29 heavy (non-hydrogen) atoms. The molecule has 0 aromatic heterocycles. The first-order chi connectivity index (χ1) is 14.0. The summed E-state index contributed by atoms with van der Waals surface area (Å²) in [5.74, 6) is 11.2. The summed E-state index contributed by atoms with van der Waals surface area (Å²) in [7, 11) is 0. The fraction of sp³-hybridized carbons (Fsp3) is 0.154. The van der Waals surface area contributed by atoms with Crippen LogP contribution in [0.1, 0.15) is 46.7 Å². The van der Waals surface area contributed by atoms with Crippen molar-refractivity contribution in [3.63, 3.8) is 0 Å². The van der Waals surface area contributed by atoms with Crippen molar-refractivity contribution >= 4 is 0 Å². The van der Waals surface area contributed by atoms with E-state index in [1.54, 1.807) is 30.3 Å². The van der Waals surface area contributed by atoms with E-state index >= 15 is 0 Å². The molecule has 0 radical (unpaired) electrons. The van der Waals surface area contributed by atoms with Gasteiger partial charge in [0.15, 0.2) is 0 Å². The van der Waals surface area contributed by atoms with Gasteiger partial charge in [-0.05, 0) is 54.4 Å². The van der Waals surface area contributed by atoms with E-state index in [0.717, 1.165) is 24.5 Å². The summed E-state index contributed by atoms with van der Waals surface area (Å²) in [4.78, 5) is 0. The maximum atomic E-state index is 13.5. The molecule has 3 aromatic carbocycles. The first-order valence-corrected chi connectivity index (χ1v) is 9.35. The molecule has 0 amide bonds. The zero-order valence-electron chi connectivity index (χ0n) is 16.0. The molecule has 0 unspecified atom stereocenters. The maximum absolute atomic E-state index is 13.5. The molecule has 0 saturated heterocycles. The molecule has 0 atom stereocenters. The quantitative estimate of drug-likeness (QED) is 0.442. The van der Waals surface area contributed by atoms with Gasteiger partial charge >= 0.3 is 6.18 Å². The number of halogens is 3. The topological polar surface area (TPSA) is 0 Å². The van der Waals surface area contributed by atoms with E-state index in [9.17, 15) is 13.2 Å². The van der Waals surface area contributed by atoms with Crippen LogP contribution in [-0.2, 0) is 12.6 Å². The van der Waals surface area contributed by atoms with E-state index in [2.05, 4.69) is 30.6 Å². The third-order valence-corrected chi connectivity index (χ3v) is 4.28. The van der Waals surface area contributed by atoms with Crippen LogP contribution in [0.25, 0.3) is 0 Å². The number of rotatable bonds is 2. The standard InChI is InChI=1S/C26H19F3/c1-2-6-20-9-11-22(12-10-20)13-14-23-16-18-24(25(19-23)26(27,28)29)17-15-21-7-4-3-5-8-21/h3-5,7-12,16,18-19H,2,6H2,1H3. The molecular weight excluding hydrogens is 369 g/mol. The second kappa shape index (κ2) is 9.18. The van der Waals surface area contributed by atoms with Crippen molar-refractivity contribution in [1.82, 2.24) is 0 Å². The average molecular weight is 388 g/mol. The number of alkyl halides is 3. The third-order valence-electron chi connectivity index (χ3n) is 4.28. The summed E-state index contributed by atoms with van der Waals surface area (Å²) in [5, 5.41) is 0. The largest absolute Gasteiger partial charge is 0.417 e. The zero-order valence-corrected chi connectivity index (χ0v) is 16.0. The lowest BCUT2D eigenvalue weighted by atomic mass is 10.0. The van der Waals surface area contributed by atoms with Crippen molar-refractivity contribution in [3.8, 4) is 23.7 Å². The Hall–Kier alpha value is -3.43. The number of hydrogen-bond donors (Lipinski definition) is 0. The minimum absolute atomic E-state index is 0.0594. The Balaban J connectivity index is 1.90. The van der Waals surface area contributed by atoms with Gasteiger partial charge in [0.25, 0.3) is 0 Å². The SMILES string of the molecule is CCCc1ccc(C#Cc2ccc(C#Cc3ccccc3)c(C(F)(F)F)c2)cc1. The minimum atomic E-state index is -4.50. The second-order valence-electron chi connectivity index (χ2n) is 6.57. The van der Waals surface area contributed by atoms with Crippen LogP contribution in [0.4, 0.5) is 13.2 Å². The van der Waals surface area contributed by atoms with Gasteiger partial charge in [0.2, 0.25) is 0 Å². The molecule has 144 valence electrons. The second-order valence-corrected chi connectivity index (χ2v) is 6.57. The average Bonchev–Trinajstić information content (AvgIpc) is 2.72. The van der Waals surface area contributed by atoms with Crippen molar-refractivity contribution in [2.45, 2.75) is 25.9 Å². The molecule has 0 aliphatic carbocycles. The van der Waals surface area contributed by atoms with Gasteiger partial charge in [-0.1, -0.05) is 67.4 Å². The summed E-state index contributed by atoms with van der Waals surface area (Å²) in [6.07, 6.45) is -2.45. The predicted molar refractivity (Wildman–Crippen MR) is 110 cm³/mol. The van der Waals surface area contributed by atoms with Crippen LogP contribution in [0.5, 0.6) is 0 Å². The van der Waals surface area contributed by atoms with Gasteiger partial charge in [-0.25, -0.2) is 0 Å². The van der Waals surface area contributed by atoms with Crippen LogP contribution in [0.3, 0.4) is 0 Å². The van der Waals surface area contributed by atoms with Gasteiger partial charge in [0.05, 0.1) is 5.56 Å². The van der Waals surface area contributed by atoms with Gasteiger partial charge in [0, 0.05) is 22.3 Å². The molecule has 0 spiro atoms. The molecule has 3 aromatic rings. The lowest BCUT2D eigenvalue weighted by Gasteiger charge is -2.09. The molecule has 0 bridgehead atoms. The van der Waals surface area contributed by atoms with Crippen molar-refractivity contribution in [2.24, 2.45) is 0 Å². The summed E-state index contributed by atoms with van der Waals surface area (Å²) in [5.41, 5.74) is 2.13. The predicted octanol–water partition coefficient (Wildman–Crippen LogP) is 6.46. The summed E-state index contributed by atoms with van der Waals surface area (Å²) >= 11 is 0. The Kier molecular flexibility index (Phi) is 6.43. The molecule has 0 fully saturated rings. The normalized spacial score (nSPS) is 10.5. The highest BCUT2D eigenvalue weighted by atomic mass is 19.4. The molecule has 0 saturated carbocycles. The molecule has 0 aliphatic heterocycles. The molecule has 3 rings (SSSR count). The third kappa shape index (κ3) is 5.77. The lowest BCUT2D eigenvalue weighted by Crippen LogP contribution is -2.08. The fourth-order valence-corrected chi connectivity index (χ4v) is 2.81. The highest BCUT2D eigenvalue weighted by molar-refractivity contribution is 5.52. The highest BCUT2D eigenvalue weighted by Crippen LogP contribution is 2.32. The van der Waals surface area contributed by atoms with Crippen LogP contribution in [-0.4, -0.2) is 0 Å². The molecule has 0 nitrogen and oxygen atoms in total. The fourth-order valence-electron chi connectivity index (χ4n) is 2.81. The number of benzene rings is 3. The Bertz CT molecular complexity index is 1080. The molecule has 3 heteroatoms. The van der Waals surface area contributed by atoms with Crippen molar-refractivity contribution < 1.29 is 13.2 Å². The van der Waals surface area contributed by atoms with E-state index in [1.165, 1.54) is 11.6 Å². The Labute approximate surface area is 169 Å². The van der Waals surface area contributed by atoms with Gasteiger partial charge < -0.3 is 0 Å². The molecule has 0 N–H and O–H groups in total. The van der Waals surface area contributed by atoms with Gasteiger partial charge in [-0.15, -0.1) is 0 Å². The smallest absolute Gasteiger partial charge is 0.166 e. The molecular formula is C26H19F3. The summed E-state index contributed by atoms with van der Waals surface area (Å²) in [6, 6.07) is 20.7. The number of aryl methyl sites for hydroxylation is 1. The van der Waals surface area contributed by atoms with E-state index in [-0.39, 0.29) is 5.56 Å². The van der Waals surface area contributed by atoms with Crippen LogP contribution in [0.15, 0.2) is 72.8 Å². The van der Waals surface area contributed by atoms with E-state index in [4.69, 9.17) is 0 Å². The van der Waals surface area contributed by atoms with Crippen LogP contribution in [0.2, 0.25) is 0 Å². The Morgan fingerprint density at radius 1 is 0.690 bits per heavy atom.